The molecule has 0 aromatic heterocycles. The molecule has 0 aliphatic rings. The molecule has 0 radical (unpaired) electrons. The van der Waals surface area contributed by atoms with Crippen LogP contribution in [-0.4, -0.2) is 16.0 Å². The average molecular weight is 451 g/mol. The summed E-state index contributed by atoms with van der Waals surface area (Å²) in [6, 6.07) is 17.9. The van der Waals surface area contributed by atoms with Gasteiger partial charge < -0.3 is 10.2 Å². The van der Waals surface area contributed by atoms with Crippen molar-refractivity contribution in [2.24, 2.45) is 0 Å². The molecule has 0 spiro atoms. The second-order valence-electron chi connectivity index (χ2n) is 10.3. The zero-order valence-electron chi connectivity index (χ0n) is 19.5. The fourth-order valence-corrected chi connectivity index (χ4v) is 4.14. The van der Waals surface area contributed by atoms with Crippen molar-refractivity contribution in [1.82, 2.24) is 0 Å². The highest BCUT2D eigenvalue weighted by molar-refractivity contribution is 6.30. The van der Waals surface area contributed by atoms with E-state index in [-0.39, 0.29) is 33.7 Å². The molecule has 4 heteroatoms. The Balaban J connectivity index is 2.32. The Hall–Kier alpha value is -2.78. The molecule has 3 nitrogen and oxygen atoms in total. The van der Waals surface area contributed by atoms with E-state index in [0.29, 0.717) is 5.02 Å². The van der Waals surface area contributed by atoms with E-state index in [2.05, 4.69) is 0 Å². The Morgan fingerprint density at radius 3 is 1.78 bits per heavy atom. The summed E-state index contributed by atoms with van der Waals surface area (Å²) >= 11 is 6.00. The third-order valence-electron chi connectivity index (χ3n) is 5.70. The molecule has 1 unspecified atom stereocenters. The van der Waals surface area contributed by atoms with Gasteiger partial charge in [-0.15, -0.1) is 0 Å². The van der Waals surface area contributed by atoms with Crippen molar-refractivity contribution in [3.05, 3.63) is 93.5 Å². The summed E-state index contributed by atoms with van der Waals surface area (Å²) in [5.74, 6) is -0.751. The Morgan fingerprint density at radius 2 is 1.31 bits per heavy atom. The Kier molecular flexibility index (Phi) is 6.44. The summed E-state index contributed by atoms with van der Waals surface area (Å²) in [5.41, 5.74) is 2.73. The third kappa shape index (κ3) is 4.83. The van der Waals surface area contributed by atoms with Gasteiger partial charge in [-0.2, -0.15) is 0 Å². The van der Waals surface area contributed by atoms with E-state index in [1.807, 2.05) is 84.0 Å². The van der Waals surface area contributed by atoms with Gasteiger partial charge in [-0.3, -0.25) is 4.79 Å². The second kappa shape index (κ2) is 8.63. The van der Waals surface area contributed by atoms with Gasteiger partial charge in [0.15, 0.2) is 5.78 Å². The van der Waals surface area contributed by atoms with Gasteiger partial charge >= 0.3 is 0 Å². The summed E-state index contributed by atoms with van der Waals surface area (Å²) in [7, 11) is 0. The number of halogens is 1. The fraction of sp³-hybridized carbons (Fsp3) is 0.321. The monoisotopic (exact) mass is 450 g/mol. The van der Waals surface area contributed by atoms with Gasteiger partial charge in [-0.1, -0.05) is 95.6 Å². The molecular formula is C28H31ClO3. The predicted molar refractivity (Wildman–Crippen MR) is 131 cm³/mol. The van der Waals surface area contributed by atoms with E-state index in [1.54, 1.807) is 12.1 Å². The number of hydrogen-bond acceptors (Lipinski definition) is 3. The Morgan fingerprint density at radius 1 is 0.781 bits per heavy atom. The van der Waals surface area contributed by atoms with Gasteiger partial charge in [0.05, 0.1) is 11.5 Å². The van der Waals surface area contributed by atoms with Crippen molar-refractivity contribution in [1.29, 1.82) is 0 Å². The molecule has 3 aromatic rings. The number of benzene rings is 3. The molecule has 0 saturated heterocycles. The van der Waals surface area contributed by atoms with Crippen LogP contribution in [0.1, 0.15) is 80.1 Å². The maximum Gasteiger partial charge on any atom is 0.178 e. The summed E-state index contributed by atoms with van der Waals surface area (Å²) < 4.78 is 0. The standard InChI is InChI=1S/C28H31ClO3/c1-27(2,3)21-14-18(15-22(26(21)32)28(4,5)6)24(17-10-8-7-9-11-17)25(31)20-13-12-19(29)16-23(20)30/h7-16,24,30,32H,1-6H3. The Labute approximate surface area is 195 Å². The third-order valence-corrected chi connectivity index (χ3v) is 5.94. The maximum atomic E-state index is 13.8. The predicted octanol–water partition coefficient (Wildman–Crippen LogP) is 7.36. The summed E-state index contributed by atoms with van der Waals surface area (Å²) in [4.78, 5) is 13.8. The van der Waals surface area contributed by atoms with Gasteiger partial charge in [0.1, 0.15) is 11.5 Å². The first-order chi connectivity index (χ1) is 14.8. The van der Waals surface area contributed by atoms with Crippen LogP contribution in [0.15, 0.2) is 60.7 Å². The number of hydrogen-bond donors (Lipinski definition) is 2. The lowest BCUT2D eigenvalue weighted by molar-refractivity contribution is 0.0971. The number of Topliss-reactive ketones (excluding diaryl/α,β-unsaturated/α-hetero) is 1. The molecule has 0 heterocycles. The highest BCUT2D eigenvalue weighted by atomic mass is 35.5. The second-order valence-corrected chi connectivity index (χ2v) is 10.8. The van der Waals surface area contributed by atoms with Crippen molar-refractivity contribution >= 4 is 17.4 Å². The molecule has 3 rings (SSSR count). The van der Waals surface area contributed by atoms with E-state index in [4.69, 9.17) is 11.6 Å². The largest absolute Gasteiger partial charge is 0.507 e. The lowest BCUT2D eigenvalue weighted by Gasteiger charge is -2.30. The maximum absolute atomic E-state index is 13.8. The van der Waals surface area contributed by atoms with E-state index in [9.17, 15) is 15.0 Å². The van der Waals surface area contributed by atoms with Crippen LogP contribution in [0.4, 0.5) is 0 Å². The number of phenolic OH excluding ortho intramolecular Hbond substituents is 2. The van der Waals surface area contributed by atoms with Crippen molar-refractivity contribution in [2.45, 2.75) is 58.3 Å². The molecule has 168 valence electrons. The molecule has 0 bridgehead atoms. The van der Waals surface area contributed by atoms with Crippen LogP contribution in [-0.2, 0) is 10.8 Å². The van der Waals surface area contributed by atoms with Crippen molar-refractivity contribution < 1.29 is 15.0 Å². The van der Waals surface area contributed by atoms with Crippen LogP contribution in [0.5, 0.6) is 11.5 Å². The van der Waals surface area contributed by atoms with Gasteiger partial charge in [0.2, 0.25) is 0 Å². The highest BCUT2D eigenvalue weighted by Crippen LogP contribution is 2.43. The quantitative estimate of drug-likeness (QED) is 0.408. The zero-order valence-corrected chi connectivity index (χ0v) is 20.3. The van der Waals surface area contributed by atoms with Gasteiger partial charge in [-0.05, 0) is 51.3 Å². The van der Waals surface area contributed by atoms with Crippen LogP contribution >= 0.6 is 11.6 Å². The number of carbonyl (C=O) groups is 1. The van der Waals surface area contributed by atoms with Gasteiger partial charge in [0, 0.05) is 5.02 Å². The number of carbonyl (C=O) groups excluding carboxylic acids is 1. The van der Waals surface area contributed by atoms with E-state index < -0.39 is 5.92 Å². The molecule has 1 atom stereocenters. The van der Waals surface area contributed by atoms with Gasteiger partial charge in [0.25, 0.3) is 0 Å². The van der Waals surface area contributed by atoms with E-state index in [1.165, 1.54) is 6.07 Å². The molecule has 0 fully saturated rings. The molecule has 2 N–H and O–H groups in total. The first kappa shape index (κ1) is 23.9. The number of rotatable bonds is 4. The van der Waals surface area contributed by atoms with Crippen LogP contribution in [0, 0.1) is 0 Å². The number of ketones is 1. The molecule has 0 aliphatic heterocycles. The lowest BCUT2D eigenvalue weighted by Crippen LogP contribution is -2.21. The Bertz CT molecular complexity index is 1100. The summed E-state index contributed by atoms with van der Waals surface area (Å²) in [5, 5.41) is 22.0. The summed E-state index contributed by atoms with van der Waals surface area (Å²) in [6.45, 7) is 12.3. The molecule has 0 amide bonds. The van der Waals surface area contributed by atoms with Crippen molar-refractivity contribution in [3.8, 4) is 11.5 Å². The molecule has 32 heavy (non-hydrogen) atoms. The molecule has 0 saturated carbocycles. The topological polar surface area (TPSA) is 57.5 Å². The van der Waals surface area contributed by atoms with Crippen LogP contribution in [0.3, 0.4) is 0 Å². The van der Waals surface area contributed by atoms with Crippen LogP contribution < -0.4 is 0 Å². The average Bonchev–Trinajstić information content (AvgIpc) is 2.68. The number of aromatic hydroxyl groups is 2. The fourth-order valence-electron chi connectivity index (χ4n) is 3.98. The first-order valence-electron chi connectivity index (χ1n) is 10.8. The molecule has 3 aromatic carbocycles. The van der Waals surface area contributed by atoms with Crippen LogP contribution in [0.25, 0.3) is 0 Å². The minimum absolute atomic E-state index is 0.144. The smallest absolute Gasteiger partial charge is 0.178 e. The van der Waals surface area contributed by atoms with E-state index in [0.717, 1.165) is 22.3 Å². The lowest BCUT2D eigenvalue weighted by atomic mass is 9.75. The van der Waals surface area contributed by atoms with Gasteiger partial charge in [-0.25, -0.2) is 0 Å². The SMILES string of the molecule is CC(C)(C)c1cc(C(C(=O)c2ccc(Cl)cc2O)c2ccccc2)cc(C(C)(C)C)c1O. The van der Waals surface area contributed by atoms with Crippen LogP contribution in [0.2, 0.25) is 5.02 Å². The minimum Gasteiger partial charge on any atom is -0.507 e. The van der Waals surface area contributed by atoms with E-state index >= 15 is 0 Å². The highest BCUT2D eigenvalue weighted by Gasteiger charge is 2.32. The number of phenols is 2. The minimum atomic E-state index is -0.647. The summed E-state index contributed by atoms with van der Waals surface area (Å²) in [6.07, 6.45) is 0. The molecular weight excluding hydrogens is 420 g/mol. The normalized spacial score (nSPS) is 13.1. The zero-order chi connectivity index (χ0) is 23.8. The van der Waals surface area contributed by atoms with Crippen molar-refractivity contribution in [3.63, 3.8) is 0 Å². The first-order valence-corrected chi connectivity index (χ1v) is 11.1. The molecule has 0 aliphatic carbocycles. The van der Waals surface area contributed by atoms with Crippen molar-refractivity contribution in [2.75, 3.05) is 0 Å².